The van der Waals surface area contributed by atoms with Crippen LogP contribution >= 0.6 is 23.4 Å². The molecule has 0 bridgehead atoms. The van der Waals surface area contributed by atoms with Crippen LogP contribution in [0.4, 0.5) is 5.69 Å². The average molecular weight is 337 g/mol. The smallest absolute Gasteiger partial charge is 0.258 e. The van der Waals surface area contributed by atoms with Crippen molar-refractivity contribution in [2.24, 2.45) is 0 Å². The highest BCUT2D eigenvalue weighted by Gasteiger charge is 2.24. The Hall–Kier alpha value is -0.830. The number of sulfonamides is 1. The lowest BCUT2D eigenvalue weighted by Crippen LogP contribution is -2.30. The zero-order chi connectivity index (χ0) is 14.8. The molecule has 9 heteroatoms. The largest absolute Gasteiger partial charge is 0.270 e. The monoisotopic (exact) mass is 336 g/mol. The predicted octanol–water partition coefficient (Wildman–Crippen LogP) is 2.42. The Morgan fingerprint density at radius 1 is 1.50 bits per heavy atom. The lowest BCUT2D eigenvalue weighted by Gasteiger charge is -2.11. The van der Waals surface area contributed by atoms with Gasteiger partial charge in [-0.3, -0.25) is 10.1 Å². The molecule has 1 aromatic carbocycles. The van der Waals surface area contributed by atoms with Gasteiger partial charge in [-0.05, 0) is 24.7 Å². The van der Waals surface area contributed by atoms with Crippen molar-refractivity contribution in [3.8, 4) is 0 Å². The highest BCUT2D eigenvalue weighted by atomic mass is 35.5. The van der Waals surface area contributed by atoms with Gasteiger partial charge in [0.25, 0.3) is 5.69 Å². The number of nitrogens with zero attached hydrogens (tertiary/aromatic N) is 1. The van der Waals surface area contributed by atoms with Gasteiger partial charge in [0.15, 0.2) is 0 Å². The van der Waals surface area contributed by atoms with Gasteiger partial charge in [0.1, 0.15) is 4.90 Å². The Balaban J connectivity index is 2.19. The van der Waals surface area contributed by atoms with E-state index in [-0.39, 0.29) is 20.9 Å². The van der Waals surface area contributed by atoms with Crippen LogP contribution in [-0.2, 0) is 10.0 Å². The molecule has 1 aliphatic rings. The maximum absolute atomic E-state index is 12.2. The third-order valence-corrected chi connectivity index (χ3v) is 6.24. The van der Waals surface area contributed by atoms with Crippen molar-refractivity contribution in [1.29, 1.82) is 0 Å². The Morgan fingerprint density at radius 3 is 2.85 bits per heavy atom. The van der Waals surface area contributed by atoms with Crippen LogP contribution in [0.15, 0.2) is 23.1 Å². The molecule has 1 aliphatic heterocycles. The average Bonchev–Trinajstić information content (AvgIpc) is 2.89. The van der Waals surface area contributed by atoms with Crippen LogP contribution in [0.25, 0.3) is 0 Å². The van der Waals surface area contributed by atoms with Crippen molar-refractivity contribution in [2.45, 2.75) is 23.0 Å². The lowest BCUT2D eigenvalue weighted by molar-refractivity contribution is -0.385. The fourth-order valence-electron chi connectivity index (χ4n) is 1.90. The normalized spacial score (nSPS) is 19.1. The summed E-state index contributed by atoms with van der Waals surface area (Å²) in [6, 6.07) is 3.37. The van der Waals surface area contributed by atoms with E-state index in [9.17, 15) is 18.5 Å². The maximum atomic E-state index is 12.2. The Morgan fingerprint density at radius 2 is 2.25 bits per heavy atom. The SMILES string of the molecule is O=[N+]([O-])c1ccc(Cl)c(S(=O)(=O)NCC2CCCS2)c1. The van der Waals surface area contributed by atoms with E-state index < -0.39 is 14.9 Å². The second kappa shape index (κ2) is 6.30. The minimum Gasteiger partial charge on any atom is -0.258 e. The van der Waals surface area contributed by atoms with Crippen LogP contribution < -0.4 is 4.72 Å². The quantitative estimate of drug-likeness (QED) is 0.658. The molecule has 0 aliphatic carbocycles. The Kier molecular flexibility index (Phi) is 4.90. The molecule has 1 fully saturated rings. The molecular formula is C11H13ClN2O4S2. The van der Waals surface area contributed by atoms with Gasteiger partial charge in [-0.15, -0.1) is 0 Å². The van der Waals surface area contributed by atoms with Crippen molar-refractivity contribution in [1.82, 2.24) is 4.72 Å². The molecule has 0 spiro atoms. The maximum Gasteiger partial charge on any atom is 0.270 e. The standard InChI is InChI=1S/C11H13ClN2O4S2/c12-10-4-3-8(14(15)16)6-11(10)20(17,18)13-7-9-2-1-5-19-9/h3-4,6,9,13H,1-2,5,7H2. The van der Waals surface area contributed by atoms with Gasteiger partial charge < -0.3 is 0 Å². The van der Waals surface area contributed by atoms with Crippen LogP contribution in [0.5, 0.6) is 0 Å². The van der Waals surface area contributed by atoms with Gasteiger partial charge in [0.05, 0.1) is 9.95 Å². The van der Waals surface area contributed by atoms with Crippen LogP contribution in [0.2, 0.25) is 5.02 Å². The summed E-state index contributed by atoms with van der Waals surface area (Å²) in [5, 5.41) is 10.9. The van der Waals surface area contributed by atoms with E-state index in [1.807, 2.05) is 0 Å². The minimum absolute atomic E-state index is 0.0258. The number of rotatable bonds is 5. The molecule has 0 amide bonds. The van der Waals surface area contributed by atoms with Crippen LogP contribution in [0, 0.1) is 10.1 Å². The molecular weight excluding hydrogens is 324 g/mol. The summed E-state index contributed by atoms with van der Waals surface area (Å²) in [5.74, 6) is 1.03. The predicted molar refractivity (Wildman–Crippen MR) is 78.8 cm³/mol. The van der Waals surface area contributed by atoms with Gasteiger partial charge in [-0.2, -0.15) is 11.8 Å². The summed E-state index contributed by atoms with van der Waals surface area (Å²) in [6.07, 6.45) is 2.05. The molecule has 1 atom stereocenters. The Bertz CT molecular complexity index is 615. The topological polar surface area (TPSA) is 89.3 Å². The summed E-state index contributed by atoms with van der Waals surface area (Å²) in [6.45, 7) is 0.312. The van der Waals surface area contributed by atoms with Crippen LogP contribution in [0.1, 0.15) is 12.8 Å². The second-order valence-electron chi connectivity index (χ2n) is 4.36. The number of nitrogens with one attached hydrogen (secondary N) is 1. The molecule has 1 N–H and O–H groups in total. The highest BCUT2D eigenvalue weighted by molar-refractivity contribution is 8.00. The zero-order valence-electron chi connectivity index (χ0n) is 10.4. The number of non-ortho nitro benzene ring substituents is 1. The number of nitro groups is 1. The fraction of sp³-hybridized carbons (Fsp3) is 0.455. The number of hydrogen-bond acceptors (Lipinski definition) is 5. The highest BCUT2D eigenvalue weighted by Crippen LogP contribution is 2.28. The molecule has 0 radical (unpaired) electrons. The molecule has 2 rings (SSSR count). The number of benzene rings is 1. The molecule has 0 aromatic heterocycles. The molecule has 6 nitrogen and oxygen atoms in total. The first kappa shape index (κ1) is 15.6. The van der Waals surface area contributed by atoms with E-state index in [4.69, 9.17) is 11.6 Å². The summed E-state index contributed by atoms with van der Waals surface area (Å²) >= 11 is 7.56. The van der Waals surface area contributed by atoms with Gasteiger partial charge in [0, 0.05) is 23.9 Å². The summed E-state index contributed by atoms with van der Waals surface area (Å²) in [7, 11) is -3.83. The molecule has 1 aromatic rings. The summed E-state index contributed by atoms with van der Waals surface area (Å²) < 4.78 is 26.8. The van der Waals surface area contributed by atoms with Crippen LogP contribution in [0.3, 0.4) is 0 Å². The number of nitro benzene ring substituents is 1. The van der Waals surface area contributed by atoms with Gasteiger partial charge in [0.2, 0.25) is 10.0 Å². The van der Waals surface area contributed by atoms with Crippen molar-refractivity contribution in [3.05, 3.63) is 33.3 Å². The first-order chi connectivity index (χ1) is 9.40. The van der Waals surface area contributed by atoms with E-state index in [0.717, 1.165) is 24.7 Å². The minimum atomic E-state index is -3.83. The van der Waals surface area contributed by atoms with Crippen molar-refractivity contribution in [2.75, 3.05) is 12.3 Å². The van der Waals surface area contributed by atoms with E-state index in [2.05, 4.69) is 4.72 Å². The first-order valence-corrected chi connectivity index (χ1v) is 8.86. The number of halogens is 1. The van der Waals surface area contributed by atoms with E-state index >= 15 is 0 Å². The Labute approximate surface area is 126 Å². The molecule has 1 heterocycles. The van der Waals surface area contributed by atoms with Crippen molar-refractivity contribution >= 4 is 39.1 Å². The van der Waals surface area contributed by atoms with Crippen molar-refractivity contribution < 1.29 is 13.3 Å². The number of hydrogen-bond donors (Lipinski definition) is 1. The third kappa shape index (κ3) is 3.63. The first-order valence-electron chi connectivity index (χ1n) is 5.95. The summed E-state index contributed by atoms with van der Waals surface area (Å²) in [5.41, 5.74) is -0.301. The van der Waals surface area contributed by atoms with Crippen LogP contribution in [-0.4, -0.2) is 30.9 Å². The van der Waals surface area contributed by atoms with E-state index in [0.29, 0.717) is 6.54 Å². The zero-order valence-corrected chi connectivity index (χ0v) is 12.8. The third-order valence-electron chi connectivity index (χ3n) is 2.94. The molecule has 1 unspecified atom stereocenters. The number of thioether (sulfide) groups is 1. The van der Waals surface area contributed by atoms with E-state index in [1.54, 1.807) is 11.8 Å². The lowest BCUT2D eigenvalue weighted by atomic mass is 10.2. The van der Waals surface area contributed by atoms with Gasteiger partial charge >= 0.3 is 0 Å². The molecule has 110 valence electrons. The van der Waals surface area contributed by atoms with Gasteiger partial charge in [-0.25, -0.2) is 13.1 Å². The molecule has 1 saturated heterocycles. The van der Waals surface area contributed by atoms with Gasteiger partial charge in [-0.1, -0.05) is 11.6 Å². The van der Waals surface area contributed by atoms with Crippen molar-refractivity contribution in [3.63, 3.8) is 0 Å². The summed E-state index contributed by atoms with van der Waals surface area (Å²) in [4.78, 5) is 9.80. The second-order valence-corrected chi connectivity index (χ2v) is 7.91. The molecule has 20 heavy (non-hydrogen) atoms. The molecule has 0 saturated carbocycles. The van der Waals surface area contributed by atoms with E-state index in [1.165, 1.54) is 12.1 Å². The fourth-order valence-corrected chi connectivity index (χ4v) is 4.80.